The first-order valence-corrected chi connectivity index (χ1v) is 9.70. The third-order valence-electron chi connectivity index (χ3n) is 3.73. The second kappa shape index (κ2) is 9.11. The molecule has 0 spiro atoms. The summed E-state index contributed by atoms with van der Waals surface area (Å²) in [4.78, 5) is 44.4. The van der Waals surface area contributed by atoms with Gasteiger partial charge in [-0.05, 0) is 41.5 Å². The number of carbonyl (C=O) groups excluding carboxylic acids is 2. The number of esters is 1. The Labute approximate surface area is 176 Å². The summed E-state index contributed by atoms with van der Waals surface area (Å²) in [6.45, 7) is 10.3. The molecule has 2 aromatic rings. The summed E-state index contributed by atoms with van der Waals surface area (Å²) in [5, 5.41) is 2.50. The van der Waals surface area contributed by atoms with Crippen LogP contribution < -0.4 is 10.9 Å². The van der Waals surface area contributed by atoms with Gasteiger partial charge in [0.1, 0.15) is 23.1 Å². The van der Waals surface area contributed by atoms with Gasteiger partial charge in [-0.1, -0.05) is 30.3 Å². The van der Waals surface area contributed by atoms with Crippen molar-refractivity contribution in [3.8, 4) is 11.4 Å². The fraction of sp³-hybridized carbons (Fsp3) is 0.455. The third-order valence-corrected chi connectivity index (χ3v) is 3.73. The van der Waals surface area contributed by atoms with Crippen LogP contribution in [0.5, 0.6) is 0 Å². The molecule has 1 amide bonds. The largest absolute Gasteiger partial charge is 0.458 e. The Morgan fingerprint density at radius 3 is 2.17 bits per heavy atom. The van der Waals surface area contributed by atoms with Crippen LogP contribution in [0.2, 0.25) is 0 Å². The predicted octanol–water partition coefficient (Wildman–Crippen LogP) is 3.21. The van der Waals surface area contributed by atoms with Crippen LogP contribution in [0.4, 0.5) is 4.79 Å². The highest BCUT2D eigenvalue weighted by Gasteiger charge is 2.29. The molecule has 1 heterocycles. The molecule has 1 aromatic heterocycles. The molecular formula is C22H29N3O5. The van der Waals surface area contributed by atoms with Crippen molar-refractivity contribution in [1.29, 1.82) is 0 Å². The second-order valence-electron chi connectivity index (χ2n) is 8.89. The average molecular weight is 415 g/mol. The van der Waals surface area contributed by atoms with E-state index < -0.39 is 34.9 Å². The van der Waals surface area contributed by atoms with Gasteiger partial charge in [-0.15, -0.1) is 0 Å². The summed E-state index contributed by atoms with van der Waals surface area (Å²) < 4.78 is 10.6. The van der Waals surface area contributed by atoms with Crippen molar-refractivity contribution in [3.63, 3.8) is 0 Å². The van der Waals surface area contributed by atoms with Gasteiger partial charge in [0.25, 0.3) is 5.56 Å². The number of amides is 1. The van der Waals surface area contributed by atoms with E-state index in [1.807, 2.05) is 30.3 Å². The van der Waals surface area contributed by atoms with E-state index in [1.165, 1.54) is 6.20 Å². The van der Waals surface area contributed by atoms with Gasteiger partial charge in [0.15, 0.2) is 0 Å². The molecule has 162 valence electrons. The summed E-state index contributed by atoms with van der Waals surface area (Å²) in [6, 6.07) is 8.09. The summed E-state index contributed by atoms with van der Waals surface area (Å²) >= 11 is 0. The van der Waals surface area contributed by atoms with Crippen LogP contribution in [0.25, 0.3) is 11.4 Å². The van der Waals surface area contributed by atoms with Gasteiger partial charge in [-0.3, -0.25) is 4.79 Å². The lowest BCUT2D eigenvalue weighted by Crippen LogP contribution is -2.47. The maximum Gasteiger partial charge on any atom is 0.408 e. The Morgan fingerprint density at radius 2 is 1.63 bits per heavy atom. The summed E-state index contributed by atoms with van der Waals surface area (Å²) in [5.74, 6) is -0.252. The number of ether oxygens (including phenoxy) is 2. The quantitative estimate of drug-likeness (QED) is 0.726. The fourth-order valence-corrected chi connectivity index (χ4v) is 2.55. The van der Waals surface area contributed by atoms with E-state index in [0.717, 1.165) is 5.56 Å². The molecule has 0 saturated carbocycles. The summed E-state index contributed by atoms with van der Waals surface area (Å²) in [6.07, 6.45) is 0.532. The molecule has 2 N–H and O–H groups in total. The average Bonchev–Trinajstić information content (AvgIpc) is 2.60. The van der Waals surface area contributed by atoms with Gasteiger partial charge in [-0.2, -0.15) is 0 Å². The van der Waals surface area contributed by atoms with Gasteiger partial charge in [0.2, 0.25) is 0 Å². The molecule has 0 fully saturated rings. The van der Waals surface area contributed by atoms with Gasteiger partial charge >= 0.3 is 12.1 Å². The lowest BCUT2D eigenvalue weighted by Gasteiger charge is -2.26. The zero-order valence-corrected chi connectivity index (χ0v) is 18.2. The lowest BCUT2D eigenvalue weighted by molar-refractivity contribution is -0.157. The number of H-pyrrole nitrogens is 1. The second-order valence-corrected chi connectivity index (χ2v) is 8.89. The standard InChI is InChI=1S/C22H29N3O5/c1-21(2,3)29-19(27)16(24-20(28)30-22(4,5)6)12-15-13-23-17(25-18(15)26)14-10-8-7-9-11-14/h7-11,13,16H,12H2,1-6H3,(H,24,28)(H,23,25,26)/t16-/m0/s1. The number of aromatic amines is 1. The number of aromatic nitrogens is 2. The van der Waals surface area contributed by atoms with Gasteiger partial charge in [0, 0.05) is 23.7 Å². The van der Waals surface area contributed by atoms with Crippen LogP contribution in [-0.4, -0.2) is 39.3 Å². The number of rotatable bonds is 5. The minimum absolute atomic E-state index is 0.0917. The molecule has 0 aliphatic rings. The molecule has 0 bridgehead atoms. The number of carbonyl (C=O) groups is 2. The number of hydrogen-bond acceptors (Lipinski definition) is 6. The van der Waals surface area contributed by atoms with E-state index in [1.54, 1.807) is 41.5 Å². The highest BCUT2D eigenvalue weighted by Crippen LogP contribution is 2.14. The lowest BCUT2D eigenvalue weighted by atomic mass is 10.1. The number of hydrogen-bond donors (Lipinski definition) is 2. The molecule has 1 aromatic carbocycles. The normalized spacial score (nSPS) is 12.7. The number of alkyl carbamates (subject to hydrolysis) is 1. The Bertz CT molecular complexity index is 940. The minimum Gasteiger partial charge on any atom is -0.458 e. The maximum absolute atomic E-state index is 12.6. The maximum atomic E-state index is 12.6. The summed E-state index contributed by atoms with van der Waals surface area (Å²) in [7, 11) is 0. The zero-order valence-electron chi connectivity index (χ0n) is 18.2. The van der Waals surface area contributed by atoms with Crippen LogP contribution in [0, 0.1) is 0 Å². The fourth-order valence-electron chi connectivity index (χ4n) is 2.55. The molecule has 8 nitrogen and oxygen atoms in total. The third kappa shape index (κ3) is 7.35. The molecule has 2 rings (SSSR count). The van der Waals surface area contributed by atoms with E-state index in [0.29, 0.717) is 5.82 Å². The van der Waals surface area contributed by atoms with E-state index >= 15 is 0 Å². The Hall–Kier alpha value is -3.16. The van der Waals surface area contributed by atoms with Crippen LogP contribution in [-0.2, 0) is 20.7 Å². The Kier molecular flexibility index (Phi) is 7.02. The molecule has 1 atom stereocenters. The number of nitrogens with zero attached hydrogens (tertiary/aromatic N) is 1. The molecule has 0 radical (unpaired) electrons. The van der Waals surface area contributed by atoms with Gasteiger partial charge in [0.05, 0.1) is 0 Å². The Morgan fingerprint density at radius 1 is 1.03 bits per heavy atom. The van der Waals surface area contributed by atoms with Crippen molar-refractivity contribution in [2.45, 2.75) is 65.2 Å². The first kappa shape index (κ1) is 23.1. The van der Waals surface area contributed by atoms with Crippen LogP contribution in [0.15, 0.2) is 41.3 Å². The van der Waals surface area contributed by atoms with E-state index in [-0.39, 0.29) is 12.0 Å². The summed E-state index contributed by atoms with van der Waals surface area (Å²) in [5.41, 5.74) is -0.896. The first-order valence-electron chi connectivity index (χ1n) is 9.70. The smallest absolute Gasteiger partial charge is 0.408 e. The van der Waals surface area contributed by atoms with Crippen molar-refractivity contribution < 1.29 is 19.1 Å². The first-order chi connectivity index (χ1) is 13.8. The monoisotopic (exact) mass is 415 g/mol. The van der Waals surface area contributed by atoms with E-state index in [4.69, 9.17) is 9.47 Å². The molecule has 0 unspecified atom stereocenters. The highest BCUT2D eigenvalue weighted by molar-refractivity contribution is 5.82. The molecule has 8 heteroatoms. The van der Waals surface area contributed by atoms with Gasteiger partial charge in [-0.25, -0.2) is 14.6 Å². The van der Waals surface area contributed by atoms with Crippen molar-refractivity contribution in [2.75, 3.05) is 0 Å². The molecular weight excluding hydrogens is 386 g/mol. The highest BCUT2D eigenvalue weighted by atomic mass is 16.6. The SMILES string of the molecule is CC(C)(C)OC(=O)N[C@@H](Cc1cnc(-c2ccccc2)[nH]c1=O)C(=O)OC(C)(C)C. The van der Waals surface area contributed by atoms with E-state index in [9.17, 15) is 14.4 Å². The van der Waals surface area contributed by atoms with Crippen molar-refractivity contribution >= 4 is 12.1 Å². The van der Waals surface area contributed by atoms with Gasteiger partial charge < -0.3 is 19.8 Å². The van der Waals surface area contributed by atoms with Crippen LogP contribution in [0.1, 0.15) is 47.1 Å². The molecule has 30 heavy (non-hydrogen) atoms. The molecule has 0 saturated heterocycles. The molecule has 0 aliphatic carbocycles. The van der Waals surface area contributed by atoms with Crippen LogP contribution in [0.3, 0.4) is 0 Å². The zero-order chi connectivity index (χ0) is 22.5. The van der Waals surface area contributed by atoms with Crippen molar-refractivity contribution in [3.05, 3.63) is 52.4 Å². The van der Waals surface area contributed by atoms with Crippen molar-refractivity contribution in [2.24, 2.45) is 0 Å². The number of benzene rings is 1. The number of nitrogens with one attached hydrogen (secondary N) is 2. The Balaban J connectivity index is 2.25. The van der Waals surface area contributed by atoms with Crippen LogP contribution >= 0.6 is 0 Å². The van der Waals surface area contributed by atoms with E-state index in [2.05, 4.69) is 15.3 Å². The predicted molar refractivity (Wildman–Crippen MR) is 113 cm³/mol. The minimum atomic E-state index is -1.11. The molecule has 0 aliphatic heterocycles. The topological polar surface area (TPSA) is 110 Å². The van der Waals surface area contributed by atoms with Crippen molar-refractivity contribution in [1.82, 2.24) is 15.3 Å².